The molecule has 1 fully saturated rings. The van der Waals surface area contributed by atoms with Gasteiger partial charge in [0.15, 0.2) is 0 Å². The van der Waals surface area contributed by atoms with Gasteiger partial charge in [-0.25, -0.2) is 0 Å². The van der Waals surface area contributed by atoms with E-state index in [1.807, 2.05) is 31.2 Å². The third-order valence-electron chi connectivity index (χ3n) is 3.92. The average molecular weight is 337 g/mol. The van der Waals surface area contributed by atoms with Crippen LogP contribution in [0.3, 0.4) is 0 Å². The van der Waals surface area contributed by atoms with Gasteiger partial charge >= 0.3 is 6.18 Å². The fraction of sp³-hybridized carbons (Fsp3) is 0.533. The lowest BCUT2D eigenvalue weighted by molar-refractivity contribution is -0.182. The van der Waals surface area contributed by atoms with Crippen molar-refractivity contribution in [2.45, 2.75) is 26.1 Å². The summed E-state index contributed by atoms with van der Waals surface area (Å²) in [6.45, 7) is 2.16. The third kappa shape index (κ3) is 4.36. The maximum Gasteiger partial charge on any atom is 0.393 e. The molecule has 0 unspecified atom stereocenters. The SMILES string of the molecule is CCc1ccccc1CNC(=O)[C@@H]1CNC[C@H]1C(F)(F)F.Cl. The van der Waals surface area contributed by atoms with Gasteiger partial charge in [-0.2, -0.15) is 13.2 Å². The van der Waals surface area contributed by atoms with E-state index in [1.165, 1.54) is 0 Å². The summed E-state index contributed by atoms with van der Waals surface area (Å²) in [5.41, 5.74) is 2.04. The second-order valence-corrected chi connectivity index (χ2v) is 5.25. The van der Waals surface area contributed by atoms with Crippen LogP contribution >= 0.6 is 12.4 Å². The van der Waals surface area contributed by atoms with Crippen molar-refractivity contribution in [3.63, 3.8) is 0 Å². The lowest BCUT2D eigenvalue weighted by atomic mass is 9.94. The van der Waals surface area contributed by atoms with Crippen LogP contribution in [-0.2, 0) is 17.8 Å². The predicted octanol–water partition coefficient (Wildman–Crippen LogP) is 2.68. The molecule has 3 nitrogen and oxygen atoms in total. The van der Waals surface area contributed by atoms with Crippen molar-refractivity contribution in [3.8, 4) is 0 Å². The Balaban J connectivity index is 0.00000242. The van der Waals surface area contributed by atoms with Crippen molar-refractivity contribution in [2.24, 2.45) is 11.8 Å². The molecule has 1 aromatic rings. The maximum atomic E-state index is 12.8. The number of benzene rings is 1. The fourth-order valence-corrected chi connectivity index (χ4v) is 2.69. The largest absolute Gasteiger partial charge is 0.393 e. The first kappa shape index (κ1) is 18.8. The van der Waals surface area contributed by atoms with Crippen LogP contribution in [0.15, 0.2) is 24.3 Å². The van der Waals surface area contributed by atoms with Crippen LogP contribution in [0.1, 0.15) is 18.1 Å². The molecule has 1 aliphatic heterocycles. The highest BCUT2D eigenvalue weighted by Gasteiger charge is 2.49. The van der Waals surface area contributed by atoms with Crippen molar-refractivity contribution in [1.82, 2.24) is 10.6 Å². The zero-order valence-electron chi connectivity index (χ0n) is 12.2. The van der Waals surface area contributed by atoms with Crippen LogP contribution in [0.4, 0.5) is 13.2 Å². The molecular formula is C15H20ClF3N2O. The Morgan fingerprint density at radius 3 is 2.50 bits per heavy atom. The molecular weight excluding hydrogens is 317 g/mol. The Bertz CT molecular complexity index is 508. The lowest BCUT2D eigenvalue weighted by Crippen LogP contribution is -2.39. The standard InChI is InChI=1S/C15H19F3N2O.ClH/c1-2-10-5-3-4-6-11(10)7-20-14(21)12-8-19-9-13(12)15(16,17)18;/h3-6,12-13,19H,2,7-9H2,1H3,(H,20,21);1H/t12-,13-;/m1./s1. The lowest BCUT2D eigenvalue weighted by Gasteiger charge is -2.21. The second-order valence-electron chi connectivity index (χ2n) is 5.25. The molecule has 0 aliphatic carbocycles. The van der Waals surface area contributed by atoms with Crippen LogP contribution in [0.5, 0.6) is 0 Å². The molecule has 0 saturated carbocycles. The van der Waals surface area contributed by atoms with Crippen LogP contribution in [0.25, 0.3) is 0 Å². The van der Waals surface area contributed by atoms with Gasteiger partial charge in [0.05, 0.1) is 11.8 Å². The third-order valence-corrected chi connectivity index (χ3v) is 3.92. The summed E-state index contributed by atoms with van der Waals surface area (Å²) in [5.74, 6) is -3.18. The summed E-state index contributed by atoms with van der Waals surface area (Å²) in [5, 5.41) is 5.29. The average Bonchev–Trinajstić information content (AvgIpc) is 2.94. The Hall–Kier alpha value is -1.27. The number of nitrogens with one attached hydrogen (secondary N) is 2. The molecule has 1 aromatic carbocycles. The maximum absolute atomic E-state index is 12.8. The molecule has 2 atom stereocenters. The molecule has 7 heteroatoms. The normalized spacial score (nSPS) is 21.3. The number of halogens is 4. The van der Waals surface area contributed by atoms with E-state index in [-0.39, 0.29) is 32.0 Å². The van der Waals surface area contributed by atoms with E-state index in [9.17, 15) is 18.0 Å². The molecule has 22 heavy (non-hydrogen) atoms. The van der Waals surface area contributed by atoms with E-state index < -0.39 is 23.9 Å². The Morgan fingerprint density at radius 2 is 1.91 bits per heavy atom. The molecule has 2 rings (SSSR count). The van der Waals surface area contributed by atoms with Crippen LogP contribution in [-0.4, -0.2) is 25.2 Å². The molecule has 0 spiro atoms. The first-order chi connectivity index (χ1) is 9.93. The zero-order valence-corrected chi connectivity index (χ0v) is 13.1. The van der Waals surface area contributed by atoms with Crippen LogP contribution < -0.4 is 10.6 Å². The van der Waals surface area contributed by atoms with Crippen LogP contribution in [0.2, 0.25) is 0 Å². The zero-order chi connectivity index (χ0) is 15.5. The quantitative estimate of drug-likeness (QED) is 0.887. The van der Waals surface area contributed by atoms with E-state index in [0.29, 0.717) is 0 Å². The van der Waals surface area contributed by atoms with Gasteiger partial charge < -0.3 is 10.6 Å². The minimum Gasteiger partial charge on any atom is -0.352 e. The van der Waals surface area contributed by atoms with Crippen molar-refractivity contribution < 1.29 is 18.0 Å². The summed E-state index contributed by atoms with van der Waals surface area (Å²) in [6.07, 6.45) is -3.52. The highest BCUT2D eigenvalue weighted by Crippen LogP contribution is 2.34. The van der Waals surface area contributed by atoms with E-state index >= 15 is 0 Å². The number of carbonyl (C=O) groups is 1. The molecule has 1 aliphatic rings. The van der Waals surface area contributed by atoms with Crippen LogP contribution in [0, 0.1) is 11.8 Å². The van der Waals surface area contributed by atoms with Gasteiger partial charge in [-0.3, -0.25) is 4.79 Å². The van der Waals surface area contributed by atoms with Crippen molar-refractivity contribution >= 4 is 18.3 Å². The minimum atomic E-state index is -4.34. The number of hydrogen-bond donors (Lipinski definition) is 2. The van der Waals surface area contributed by atoms with E-state index in [1.54, 1.807) is 0 Å². The summed E-state index contributed by atoms with van der Waals surface area (Å²) >= 11 is 0. The second kappa shape index (κ2) is 7.83. The van der Waals surface area contributed by atoms with E-state index in [2.05, 4.69) is 10.6 Å². The van der Waals surface area contributed by atoms with Crippen molar-refractivity contribution in [1.29, 1.82) is 0 Å². The molecule has 0 bridgehead atoms. The number of alkyl halides is 3. The highest BCUT2D eigenvalue weighted by atomic mass is 35.5. The molecule has 1 saturated heterocycles. The molecule has 0 radical (unpaired) electrons. The topological polar surface area (TPSA) is 41.1 Å². The molecule has 0 aromatic heterocycles. The first-order valence-electron chi connectivity index (χ1n) is 7.05. The monoisotopic (exact) mass is 336 g/mol. The summed E-state index contributed by atoms with van der Waals surface area (Å²) in [6, 6.07) is 7.60. The number of carbonyl (C=O) groups excluding carboxylic acids is 1. The number of rotatable bonds is 4. The number of aryl methyl sites for hydroxylation is 1. The summed E-state index contributed by atoms with van der Waals surface area (Å²) < 4.78 is 38.5. The minimum absolute atomic E-state index is 0. The predicted molar refractivity (Wildman–Crippen MR) is 80.8 cm³/mol. The highest BCUT2D eigenvalue weighted by molar-refractivity contribution is 5.85. The van der Waals surface area contributed by atoms with Crippen molar-refractivity contribution in [3.05, 3.63) is 35.4 Å². The summed E-state index contributed by atoms with van der Waals surface area (Å²) in [4.78, 5) is 12.0. The van der Waals surface area contributed by atoms with Gasteiger partial charge in [0.2, 0.25) is 5.91 Å². The smallest absolute Gasteiger partial charge is 0.352 e. The van der Waals surface area contributed by atoms with Gasteiger partial charge in [0, 0.05) is 19.6 Å². The molecule has 2 N–H and O–H groups in total. The van der Waals surface area contributed by atoms with Gasteiger partial charge in [-0.1, -0.05) is 31.2 Å². The van der Waals surface area contributed by atoms with Gasteiger partial charge in [0.25, 0.3) is 0 Å². The Morgan fingerprint density at radius 1 is 1.27 bits per heavy atom. The fourth-order valence-electron chi connectivity index (χ4n) is 2.69. The van der Waals surface area contributed by atoms with Gasteiger partial charge in [0.1, 0.15) is 0 Å². The number of amides is 1. The van der Waals surface area contributed by atoms with Gasteiger partial charge in [-0.05, 0) is 17.5 Å². The Kier molecular flexibility index (Phi) is 6.68. The summed E-state index contributed by atoms with van der Waals surface area (Å²) in [7, 11) is 0. The van der Waals surface area contributed by atoms with E-state index in [4.69, 9.17) is 0 Å². The Labute approximate surface area is 134 Å². The molecule has 1 heterocycles. The van der Waals surface area contributed by atoms with E-state index in [0.717, 1.165) is 17.5 Å². The molecule has 1 amide bonds. The molecule has 124 valence electrons. The first-order valence-corrected chi connectivity index (χ1v) is 7.05. The number of hydrogen-bond acceptors (Lipinski definition) is 2. The van der Waals surface area contributed by atoms with Crippen molar-refractivity contribution in [2.75, 3.05) is 13.1 Å². The van der Waals surface area contributed by atoms with Gasteiger partial charge in [-0.15, -0.1) is 12.4 Å².